The highest BCUT2D eigenvalue weighted by Gasteiger charge is 2.07. The Kier molecular flexibility index (Phi) is 6.58. The molecule has 0 unspecified atom stereocenters. The third-order valence-electron chi connectivity index (χ3n) is 3.72. The first kappa shape index (κ1) is 20.5. The molecule has 0 aliphatic rings. The van der Waals surface area contributed by atoms with Crippen LogP contribution in [-0.4, -0.2) is 23.1 Å². The van der Waals surface area contributed by atoms with Gasteiger partial charge in [0.15, 0.2) is 5.11 Å². The summed E-state index contributed by atoms with van der Waals surface area (Å²) in [5.41, 5.74) is 1.67. The Hall–Kier alpha value is -3.23. The monoisotopic (exact) mass is 430 g/mol. The van der Waals surface area contributed by atoms with Crippen LogP contribution in [0.2, 0.25) is 5.02 Å². The molecule has 3 aromatic rings. The van der Waals surface area contributed by atoms with Crippen LogP contribution in [0.4, 0.5) is 15.8 Å². The van der Waals surface area contributed by atoms with Crippen molar-refractivity contribution in [2.75, 3.05) is 17.7 Å². The minimum Gasteiger partial charge on any atom is -0.439 e. The van der Waals surface area contributed by atoms with Crippen molar-refractivity contribution >= 4 is 46.2 Å². The van der Waals surface area contributed by atoms with E-state index in [1.54, 1.807) is 43.4 Å². The molecule has 1 heterocycles. The van der Waals surface area contributed by atoms with E-state index in [1.807, 2.05) is 0 Å². The van der Waals surface area contributed by atoms with Crippen LogP contribution in [0, 0.1) is 5.82 Å². The third kappa shape index (κ3) is 5.63. The van der Waals surface area contributed by atoms with Crippen molar-refractivity contribution in [2.45, 2.75) is 0 Å². The maximum absolute atomic E-state index is 13.2. The Labute approximate surface area is 177 Å². The zero-order chi connectivity index (χ0) is 20.8. The highest BCUT2D eigenvalue weighted by Crippen LogP contribution is 2.24. The average Bonchev–Trinajstić information content (AvgIpc) is 2.71. The van der Waals surface area contributed by atoms with Crippen LogP contribution in [0.15, 0.2) is 60.8 Å². The van der Waals surface area contributed by atoms with E-state index in [2.05, 4.69) is 20.9 Å². The molecule has 2 aromatic carbocycles. The summed E-state index contributed by atoms with van der Waals surface area (Å²) in [6, 6.07) is 14.5. The van der Waals surface area contributed by atoms with Gasteiger partial charge in [-0.1, -0.05) is 17.7 Å². The lowest BCUT2D eigenvalue weighted by atomic mass is 10.2. The van der Waals surface area contributed by atoms with Gasteiger partial charge in [-0.15, -0.1) is 0 Å². The fraction of sp³-hybridized carbons (Fsp3) is 0.0500. The molecule has 1 aromatic heterocycles. The molecule has 0 aliphatic carbocycles. The maximum Gasteiger partial charge on any atom is 0.252 e. The Morgan fingerprint density at radius 2 is 1.86 bits per heavy atom. The molecule has 148 valence electrons. The van der Waals surface area contributed by atoms with Crippen molar-refractivity contribution in [1.29, 1.82) is 0 Å². The number of halogens is 2. The molecule has 29 heavy (non-hydrogen) atoms. The number of hydrogen-bond acceptors (Lipinski definition) is 4. The van der Waals surface area contributed by atoms with Gasteiger partial charge in [0.05, 0.1) is 10.6 Å². The first-order valence-corrected chi connectivity index (χ1v) is 9.22. The third-order valence-corrected chi connectivity index (χ3v) is 4.21. The van der Waals surface area contributed by atoms with Gasteiger partial charge < -0.3 is 20.7 Å². The quantitative estimate of drug-likeness (QED) is 0.503. The molecule has 6 nitrogen and oxygen atoms in total. The van der Waals surface area contributed by atoms with Gasteiger partial charge in [0, 0.05) is 36.8 Å². The number of amides is 1. The van der Waals surface area contributed by atoms with Crippen LogP contribution in [-0.2, 0) is 0 Å². The zero-order valence-corrected chi connectivity index (χ0v) is 16.8. The maximum atomic E-state index is 13.2. The summed E-state index contributed by atoms with van der Waals surface area (Å²) in [5.74, 6) is 0.149. The smallest absolute Gasteiger partial charge is 0.252 e. The summed E-state index contributed by atoms with van der Waals surface area (Å²) in [4.78, 5) is 15.7. The molecule has 0 saturated carbocycles. The second kappa shape index (κ2) is 9.31. The van der Waals surface area contributed by atoms with Crippen molar-refractivity contribution in [2.24, 2.45) is 0 Å². The Morgan fingerprint density at radius 3 is 2.52 bits per heavy atom. The van der Waals surface area contributed by atoms with Crippen molar-refractivity contribution in [3.05, 3.63) is 77.2 Å². The Balaban J connectivity index is 1.63. The number of benzene rings is 2. The predicted octanol–water partition coefficient (Wildman–Crippen LogP) is 4.83. The summed E-state index contributed by atoms with van der Waals surface area (Å²) in [5, 5.41) is 8.77. The van der Waals surface area contributed by atoms with E-state index in [0.29, 0.717) is 33.7 Å². The van der Waals surface area contributed by atoms with Crippen LogP contribution in [0.3, 0.4) is 0 Å². The van der Waals surface area contributed by atoms with Gasteiger partial charge in [-0.2, -0.15) is 0 Å². The lowest BCUT2D eigenvalue weighted by molar-refractivity contribution is 0.0962. The number of thiocarbonyl (C=S) groups is 1. The van der Waals surface area contributed by atoms with Gasteiger partial charge in [-0.05, 0) is 48.6 Å². The van der Waals surface area contributed by atoms with E-state index < -0.39 is 5.82 Å². The highest BCUT2D eigenvalue weighted by atomic mass is 35.5. The number of rotatable bonds is 5. The molecule has 0 spiro atoms. The van der Waals surface area contributed by atoms with Gasteiger partial charge >= 0.3 is 0 Å². The lowest BCUT2D eigenvalue weighted by Crippen LogP contribution is -2.19. The van der Waals surface area contributed by atoms with E-state index in [4.69, 9.17) is 28.6 Å². The second-order valence-corrected chi connectivity index (χ2v) is 6.62. The number of aromatic nitrogens is 1. The normalized spacial score (nSPS) is 10.2. The molecular weight excluding hydrogens is 415 g/mol. The summed E-state index contributed by atoms with van der Waals surface area (Å²) < 4.78 is 18.9. The van der Waals surface area contributed by atoms with Crippen LogP contribution < -0.4 is 20.7 Å². The van der Waals surface area contributed by atoms with Crippen LogP contribution >= 0.6 is 23.8 Å². The number of carbonyl (C=O) groups is 1. The molecule has 0 aliphatic heterocycles. The van der Waals surface area contributed by atoms with Gasteiger partial charge in [0.1, 0.15) is 11.6 Å². The second-order valence-electron chi connectivity index (χ2n) is 5.80. The molecular formula is C20H16ClFN4O2S. The summed E-state index contributed by atoms with van der Waals surface area (Å²) in [7, 11) is 1.55. The standard InChI is InChI=1S/C20H16ClFN4O2S/c1-23-19(27)12-5-8-18(24-11-12)28-15-4-2-3-13(9-15)25-20(29)26-14-6-7-17(22)16(21)10-14/h2-11H,1H3,(H,23,27)(H2,25,26,29). The predicted molar refractivity (Wildman–Crippen MR) is 115 cm³/mol. The number of pyridine rings is 1. The molecule has 3 rings (SSSR count). The van der Waals surface area contributed by atoms with E-state index in [-0.39, 0.29) is 10.9 Å². The minimum atomic E-state index is -0.502. The van der Waals surface area contributed by atoms with E-state index in [1.165, 1.54) is 24.4 Å². The number of ether oxygens (including phenoxy) is 1. The largest absolute Gasteiger partial charge is 0.439 e. The van der Waals surface area contributed by atoms with Crippen LogP contribution in [0.1, 0.15) is 10.4 Å². The molecule has 0 fully saturated rings. The van der Waals surface area contributed by atoms with Crippen LogP contribution in [0.25, 0.3) is 0 Å². The highest BCUT2D eigenvalue weighted by molar-refractivity contribution is 7.80. The fourth-order valence-corrected chi connectivity index (χ4v) is 2.76. The molecule has 0 bridgehead atoms. The number of nitrogens with zero attached hydrogens (tertiary/aromatic N) is 1. The van der Waals surface area contributed by atoms with E-state index in [0.717, 1.165) is 0 Å². The van der Waals surface area contributed by atoms with Gasteiger partial charge in [0.2, 0.25) is 5.88 Å². The summed E-state index contributed by atoms with van der Waals surface area (Å²) in [6.07, 6.45) is 1.43. The molecule has 1 amide bonds. The summed E-state index contributed by atoms with van der Waals surface area (Å²) in [6.45, 7) is 0. The van der Waals surface area contributed by atoms with Crippen molar-refractivity contribution in [1.82, 2.24) is 10.3 Å². The molecule has 0 atom stereocenters. The lowest BCUT2D eigenvalue weighted by Gasteiger charge is -2.12. The average molecular weight is 431 g/mol. The van der Waals surface area contributed by atoms with Crippen molar-refractivity contribution < 1.29 is 13.9 Å². The summed E-state index contributed by atoms with van der Waals surface area (Å²) >= 11 is 11.0. The van der Waals surface area contributed by atoms with Gasteiger partial charge in [0.25, 0.3) is 5.91 Å². The molecule has 9 heteroatoms. The fourth-order valence-electron chi connectivity index (χ4n) is 2.34. The number of hydrogen-bond donors (Lipinski definition) is 3. The number of nitrogens with one attached hydrogen (secondary N) is 3. The molecule has 0 radical (unpaired) electrons. The SMILES string of the molecule is CNC(=O)c1ccc(Oc2cccc(NC(=S)Nc3ccc(F)c(Cl)c3)c2)nc1. The van der Waals surface area contributed by atoms with E-state index in [9.17, 15) is 9.18 Å². The van der Waals surface area contributed by atoms with Gasteiger partial charge in [-0.25, -0.2) is 9.37 Å². The van der Waals surface area contributed by atoms with Crippen molar-refractivity contribution in [3.63, 3.8) is 0 Å². The Bertz CT molecular complexity index is 1050. The minimum absolute atomic E-state index is 0.00290. The molecule has 0 saturated heterocycles. The number of carbonyl (C=O) groups excluding carboxylic acids is 1. The van der Waals surface area contributed by atoms with E-state index >= 15 is 0 Å². The zero-order valence-electron chi connectivity index (χ0n) is 15.2. The molecule has 3 N–H and O–H groups in total. The first-order valence-electron chi connectivity index (χ1n) is 8.44. The first-order chi connectivity index (χ1) is 13.9. The Morgan fingerprint density at radius 1 is 1.10 bits per heavy atom. The number of anilines is 2. The van der Waals surface area contributed by atoms with Crippen LogP contribution in [0.5, 0.6) is 11.6 Å². The van der Waals surface area contributed by atoms with Gasteiger partial charge in [-0.3, -0.25) is 4.79 Å². The van der Waals surface area contributed by atoms with Crippen molar-refractivity contribution in [3.8, 4) is 11.6 Å². The topological polar surface area (TPSA) is 75.3 Å².